The Balaban J connectivity index is 2.02. The van der Waals surface area contributed by atoms with Gasteiger partial charge in [-0.2, -0.15) is 5.10 Å². The fourth-order valence-corrected chi connectivity index (χ4v) is 2.61. The molecule has 0 spiro atoms. The third-order valence-corrected chi connectivity index (χ3v) is 3.74. The summed E-state index contributed by atoms with van der Waals surface area (Å²) in [5.74, 6) is 0. The predicted molar refractivity (Wildman–Crippen MR) is 55.2 cm³/mol. The van der Waals surface area contributed by atoms with Crippen molar-refractivity contribution in [3.63, 3.8) is 0 Å². The van der Waals surface area contributed by atoms with Crippen molar-refractivity contribution in [2.45, 2.75) is 44.1 Å². The van der Waals surface area contributed by atoms with Crippen LogP contribution in [0.15, 0.2) is 0 Å². The van der Waals surface area contributed by atoms with Gasteiger partial charge in [-0.25, -0.2) is 0 Å². The highest BCUT2D eigenvalue weighted by molar-refractivity contribution is 5.36. The zero-order chi connectivity index (χ0) is 9.60. The van der Waals surface area contributed by atoms with Crippen LogP contribution in [-0.4, -0.2) is 17.2 Å². The molecule has 1 aromatic heterocycles. The molecule has 1 aromatic rings. The summed E-state index contributed by atoms with van der Waals surface area (Å²) in [5.41, 5.74) is 4.46. The van der Waals surface area contributed by atoms with Crippen molar-refractivity contribution in [1.82, 2.24) is 15.5 Å². The molecule has 2 N–H and O–H groups in total. The Morgan fingerprint density at radius 2 is 2.07 bits per heavy atom. The van der Waals surface area contributed by atoms with Gasteiger partial charge in [-0.15, -0.1) is 0 Å². The number of aromatic nitrogens is 2. The van der Waals surface area contributed by atoms with Gasteiger partial charge in [0, 0.05) is 5.69 Å². The first kappa shape index (κ1) is 8.48. The zero-order valence-electron chi connectivity index (χ0n) is 8.69. The van der Waals surface area contributed by atoms with Crippen molar-refractivity contribution < 1.29 is 0 Å². The number of aromatic amines is 1. The minimum Gasteiger partial charge on any atom is -0.309 e. The van der Waals surface area contributed by atoms with E-state index in [1.807, 2.05) is 0 Å². The molecular weight excluding hydrogens is 174 g/mol. The second-order valence-corrected chi connectivity index (χ2v) is 4.57. The van der Waals surface area contributed by atoms with E-state index in [9.17, 15) is 0 Å². The molecule has 0 radical (unpaired) electrons. The highest BCUT2D eigenvalue weighted by atomic mass is 15.2. The predicted octanol–water partition coefficient (Wildman–Crippen LogP) is 1.50. The fraction of sp³-hybridized carbons (Fsp3) is 0.727. The fourth-order valence-electron chi connectivity index (χ4n) is 2.61. The van der Waals surface area contributed by atoms with Crippen molar-refractivity contribution in [3.05, 3.63) is 17.0 Å². The minimum atomic E-state index is 0.238. The molecule has 14 heavy (non-hydrogen) atoms. The molecule has 0 saturated heterocycles. The van der Waals surface area contributed by atoms with Crippen molar-refractivity contribution in [3.8, 4) is 0 Å². The van der Waals surface area contributed by atoms with Gasteiger partial charge in [0.15, 0.2) is 0 Å². The summed E-state index contributed by atoms with van der Waals surface area (Å²) in [5, 5.41) is 11.2. The van der Waals surface area contributed by atoms with Crippen LogP contribution in [0.25, 0.3) is 0 Å². The van der Waals surface area contributed by atoms with Gasteiger partial charge in [-0.3, -0.25) is 5.10 Å². The second-order valence-electron chi connectivity index (χ2n) is 4.57. The van der Waals surface area contributed by atoms with Gasteiger partial charge in [0.1, 0.15) is 0 Å². The number of rotatable bonds is 2. The summed E-state index contributed by atoms with van der Waals surface area (Å²) in [6, 6.07) is 0. The smallest absolute Gasteiger partial charge is 0.0857 e. The second kappa shape index (κ2) is 2.83. The molecule has 2 aliphatic rings. The van der Waals surface area contributed by atoms with E-state index in [2.05, 4.69) is 22.6 Å². The maximum atomic E-state index is 4.52. The van der Waals surface area contributed by atoms with E-state index >= 15 is 0 Å². The summed E-state index contributed by atoms with van der Waals surface area (Å²) in [6.45, 7) is 0. The average molecular weight is 191 g/mol. The van der Waals surface area contributed by atoms with Gasteiger partial charge in [0.05, 0.1) is 11.2 Å². The molecule has 3 rings (SSSR count). The van der Waals surface area contributed by atoms with Gasteiger partial charge in [-0.05, 0) is 51.1 Å². The Bertz CT molecular complexity index is 349. The summed E-state index contributed by atoms with van der Waals surface area (Å²) in [7, 11) is 2.05. The molecule has 2 aliphatic carbocycles. The Morgan fingerprint density at radius 3 is 2.79 bits per heavy atom. The first-order chi connectivity index (χ1) is 6.86. The number of hydrogen-bond acceptors (Lipinski definition) is 2. The molecule has 0 aromatic carbocycles. The monoisotopic (exact) mass is 191 g/mol. The molecule has 1 fully saturated rings. The molecular formula is C11H17N3. The Hall–Kier alpha value is -0.830. The zero-order valence-corrected chi connectivity index (χ0v) is 8.69. The molecule has 76 valence electrons. The van der Waals surface area contributed by atoms with E-state index in [0.29, 0.717) is 0 Å². The molecule has 0 unspecified atom stereocenters. The highest BCUT2D eigenvalue weighted by Gasteiger charge is 2.46. The van der Waals surface area contributed by atoms with Crippen LogP contribution >= 0.6 is 0 Å². The normalized spacial score (nSPS) is 23.2. The molecule has 0 bridgehead atoms. The molecule has 1 saturated carbocycles. The number of H-pyrrole nitrogens is 1. The number of nitrogens with zero attached hydrogens (tertiary/aromatic N) is 1. The summed E-state index contributed by atoms with van der Waals surface area (Å²) < 4.78 is 0. The van der Waals surface area contributed by atoms with Crippen molar-refractivity contribution in [2.75, 3.05) is 7.05 Å². The first-order valence-electron chi connectivity index (χ1n) is 5.61. The van der Waals surface area contributed by atoms with Crippen molar-refractivity contribution in [1.29, 1.82) is 0 Å². The SMILES string of the molecule is CNC1(c2n[nH]c3c2CCCC3)CC1. The van der Waals surface area contributed by atoms with Crippen LogP contribution in [0.2, 0.25) is 0 Å². The quantitative estimate of drug-likeness (QED) is 0.743. The summed E-state index contributed by atoms with van der Waals surface area (Å²) in [6.07, 6.45) is 7.58. The maximum absolute atomic E-state index is 4.52. The molecule has 1 heterocycles. The van der Waals surface area contributed by atoms with Gasteiger partial charge in [0.25, 0.3) is 0 Å². The molecule has 3 heteroatoms. The molecule has 3 nitrogen and oxygen atoms in total. The van der Waals surface area contributed by atoms with Crippen LogP contribution in [0.5, 0.6) is 0 Å². The van der Waals surface area contributed by atoms with E-state index < -0.39 is 0 Å². The van der Waals surface area contributed by atoms with Crippen LogP contribution < -0.4 is 5.32 Å². The van der Waals surface area contributed by atoms with E-state index in [1.54, 1.807) is 0 Å². The lowest BCUT2D eigenvalue weighted by atomic mass is 9.93. The third kappa shape index (κ3) is 1.05. The largest absolute Gasteiger partial charge is 0.309 e. The van der Waals surface area contributed by atoms with E-state index in [-0.39, 0.29) is 5.54 Å². The average Bonchev–Trinajstić information content (AvgIpc) is 2.91. The Kier molecular flexibility index (Phi) is 1.71. The number of fused-ring (bicyclic) bond motifs is 1. The van der Waals surface area contributed by atoms with E-state index in [0.717, 1.165) is 0 Å². The van der Waals surface area contributed by atoms with Crippen LogP contribution in [-0.2, 0) is 18.4 Å². The van der Waals surface area contributed by atoms with Crippen molar-refractivity contribution >= 4 is 0 Å². The molecule has 0 aliphatic heterocycles. The standard InChI is InChI=1S/C11H17N3/c1-12-11(6-7-11)10-8-4-2-3-5-9(8)13-14-10/h12H,2-7H2,1H3,(H,13,14). The van der Waals surface area contributed by atoms with E-state index in [1.165, 1.54) is 55.5 Å². The number of aryl methyl sites for hydroxylation is 1. The lowest BCUT2D eigenvalue weighted by Gasteiger charge is -2.16. The Morgan fingerprint density at radius 1 is 1.29 bits per heavy atom. The lowest BCUT2D eigenvalue weighted by Crippen LogP contribution is -2.26. The van der Waals surface area contributed by atoms with Crippen LogP contribution in [0.4, 0.5) is 0 Å². The highest BCUT2D eigenvalue weighted by Crippen LogP contribution is 2.46. The topological polar surface area (TPSA) is 40.7 Å². The van der Waals surface area contributed by atoms with Crippen LogP contribution in [0.3, 0.4) is 0 Å². The van der Waals surface area contributed by atoms with Crippen molar-refractivity contribution in [2.24, 2.45) is 0 Å². The number of nitrogens with one attached hydrogen (secondary N) is 2. The Labute approximate surface area is 84.3 Å². The van der Waals surface area contributed by atoms with Gasteiger partial charge in [0.2, 0.25) is 0 Å². The third-order valence-electron chi connectivity index (χ3n) is 3.74. The van der Waals surface area contributed by atoms with Gasteiger partial charge in [-0.1, -0.05) is 0 Å². The summed E-state index contributed by atoms with van der Waals surface area (Å²) >= 11 is 0. The van der Waals surface area contributed by atoms with E-state index in [4.69, 9.17) is 0 Å². The lowest BCUT2D eigenvalue weighted by molar-refractivity contribution is 0.556. The van der Waals surface area contributed by atoms with Gasteiger partial charge < -0.3 is 5.32 Å². The maximum Gasteiger partial charge on any atom is 0.0857 e. The molecule has 0 amide bonds. The van der Waals surface area contributed by atoms with Crippen LogP contribution in [0, 0.1) is 0 Å². The first-order valence-corrected chi connectivity index (χ1v) is 5.61. The summed E-state index contributed by atoms with van der Waals surface area (Å²) in [4.78, 5) is 0. The van der Waals surface area contributed by atoms with Gasteiger partial charge >= 0.3 is 0 Å². The van der Waals surface area contributed by atoms with Crippen LogP contribution in [0.1, 0.15) is 42.6 Å². The molecule has 0 atom stereocenters. The number of hydrogen-bond donors (Lipinski definition) is 2. The minimum absolute atomic E-state index is 0.238.